The van der Waals surface area contributed by atoms with Gasteiger partial charge in [-0.1, -0.05) is 0 Å². The molecular formula is C5H12Te. The van der Waals surface area contributed by atoms with Crippen LogP contribution >= 0.6 is 0 Å². The molecule has 0 aliphatic heterocycles. The molecule has 0 aliphatic rings. The van der Waals surface area contributed by atoms with E-state index in [0.29, 0.717) is 20.9 Å². The minimum absolute atomic E-state index is 0.464. The van der Waals surface area contributed by atoms with Crippen molar-refractivity contribution in [1.82, 2.24) is 0 Å². The molecule has 0 spiro atoms. The van der Waals surface area contributed by atoms with Gasteiger partial charge >= 0.3 is 50.1 Å². The Balaban J connectivity index is 2.34. The van der Waals surface area contributed by atoms with E-state index in [9.17, 15) is 0 Å². The van der Waals surface area contributed by atoms with Crippen molar-refractivity contribution in [2.45, 2.75) is 29.2 Å². The predicted octanol–water partition coefficient (Wildman–Crippen LogP) is 1.96. The topological polar surface area (TPSA) is 0 Å². The van der Waals surface area contributed by atoms with Crippen LogP contribution in [-0.4, -0.2) is 20.9 Å². The van der Waals surface area contributed by atoms with Gasteiger partial charge in [-0.15, -0.1) is 0 Å². The van der Waals surface area contributed by atoms with Gasteiger partial charge in [-0.3, -0.25) is 0 Å². The van der Waals surface area contributed by atoms with Gasteiger partial charge in [-0.2, -0.15) is 0 Å². The molecule has 0 aromatic carbocycles. The summed E-state index contributed by atoms with van der Waals surface area (Å²) in [6.45, 7) is 2.25. The fraction of sp³-hybridized carbons (Fsp3) is 1.00. The van der Waals surface area contributed by atoms with E-state index < -0.39 is 0 Å². The Morgan fingerprint density at radius 3 is 2.33 bits per heavy atom. The molecule has 0 fully saturated rings. The summed E-state index contributed by atoms with van der Waals surface area (Å²) in [7, 11) is 0. The molecule has 0 saturated heterocycles. The molecule has 0 N–H and O–H groups in total. The average Bonchev–Trinajstić information content (AvgIpc) is 1.61. The Morgan fingerprint density at radius 2 is 2.17 bits per heavy atom. The van der Waals surface area contributed by atoms with Crippen LogP contribution in [0, 0.1) is 0 Å². The monoisotopic (exact) mass is 202 g/mol. The van der Waals surface area contributed by atoms with Crippen molar-refractivity contribution >= 4 is 20.9 Å². The number of unbranched alkanes of at least 4 members (excludes halogenated alkanes) is 1. The first-order valence-corrected chi connectivity index (χ1v) is 6.38. The molecule has 0 unspecified atom stereocenters. The molecule has 0 saturated carbocycles. The molecule has 0 radical (unpaired) electrons. The number of hydrogen-bond donors (Lipinski definition) is 0. The molecule has 0 nitrogen and oxygen atoms in total. The first-order chi connectivity index (χ1) is 2.91. The van der Waals surface area contributed by atoms with Crippen molar-refractivity contribution < 1.29 is 0 Å². The van der Waals surface area contributed by atoms with Crippen molar-refractivity contribution in [3.8, 4) is 0 Å². The summed E-state index contributed by atoms with van der Waals surface area (Å²) in [6, 6.07) is 0. The van der Waals surface area contributed by atoms with Gasteiger partial charge < -0.3 is 0 Å². The van der Waals surface area contributed by atoms with Gasteiger partial charge in [0.2, 0.25) is 0 Å². The first kappa shape index (κ1) is 6.79. The average molecular weight is 200 g/mol. The summed E-state index contributed by atoms with van der Waals surface area (Å²) in [5.41, 5.74) is 0. The van der Waals surface area contributed by atoms with Gasteiger partial charge in [-0.25, -0.2) is 0 Å². The standard InChI is InChI=1S/C5H12Te/c1-3-4-5-6-2/h3-5H2,1-2H3. The Morgan fingerprint density at radius 1 is 1.50 bits per heavy atom. The van der Waals surface area contributed by atoms with E-state index in [2.05, 4.69) is 11.9 Å². The second-order valence-corrected chi connectivity index (χ2v) is 4.16. The maximum atomic E-state index is 2.36. The van der Waals surface area contributed by atoms with E-state index in [1.165, 1.54) is 12.8 Å². The molecule has 0 bridgehead atoms. The second-order valence-electron chi connectivity index (χ2n) is 1.35. The molecule has 1 heteroatoms. The van der Waals surface area contributed by atoms with Crippen molar-refractivity contribution in [2.75, 3.05) is 0 Å². The fourth-order valence-electron chi connectivity index (χ4n) is 0.289. The van der Waals surface area contributed by atoms with Gasteiger partial charge in [0.1, 0.15) is 0 Å². The summed E-state index contributed by atoms with van der Waals surface area (Å²) in [5.74, 6) is 0. The fourth-order valence-corrected chi connectivity index (χ4v) is 1.94. The van der Waals surface area contributed by atoms with Gasteiger partial charge in [0.15, 0.2) is 0 Å². The van der Waals surface area contributed by atoms with Crippen molar-refractivity contribution in [2.24, 2.45) is 0 Å². The zero-order valence-corrected chi connectivity index (χ0v) is 6.86. The molecule has 0 aromatic heterocycles. The normalized spacial score (nSPS) is 9.00. The second kappa shape index (κ2) is 5.79. The van der Waals surface area contributed by atoms with Crippen molar-refractivity contribution in [1.29, 1.82) is 0 Å². The Hall–Kier alpha value is 0.790. The Labute approximate surface area is 50.4 Å². The van der Waals surface area contributed by atoms with Crippen LogP contribution < -0.4 is 0 Å². The SMILES string of the molecule is CCCC[Te]C. The maximum absolute atomic E-state index is 2.36. The van der Waals surface area contributed by atoms with E-state index in [1.807, 2.05) is 0 Å². The third kappa shape index (κ3) is 4.79. The molecular weight excluding hydrogens is 188 g/mol. The molecule has 38 valence electrons. The summed E-state index contributed by atoms with van der Waals surface area (Å²) >= 11 is 0.464. The van der Waals surface area contributed by atoms with E-state index in [0.717, 1.165) is 0 Å². The predicted molar refractivity (Wildman–Crippen MR) is 31.3 cm³/mol. The molecule has 0 rings (SSSR count). The van der Waals surface area contributed by atoms with Gasteiger partial charge in [0.05, 0.1) is 0 Å². The minimum atomic E-state index is 0.464. The molecule has 0 amide bonds. The van der Waals surface area contributed by atoms with Crippen LogP contribution in [0.4, 0.5) is 0 Å². The number of hydrogen-bond acceptors (Lipinski definition) is 0. The zero-order valence-electron chi connectivity index (χ0n) is 4.53. The summed E-state index contributed by atoms with van der Waals surface area (Å²) in [6.07, 6.45) is 2.86. The van der Waals surface area contributed by atoms with Crippen LogP contribution in [0.2, 0.25) is 9.44 Å². The van der Waals surface area contributed by atoms with Crippen LogP contribution in [0.15, 0.2) is 0 Å². The van der Waals surface area contributed by atoms with Crippen molar-refractivity contribution in [3.05, 3.63) is 0 Å². The molecule has 0 atom stereocenters. The summed E-state index contributed by atoms with van der Waals surface area (Å²) in [4.78, 5) is 2.36. The van der Waals surface area contributed by atoms with Crippen molar-refractivity contribution in [3.63, 3.8) is 0 Å². The summed E-state index contributed by atoms with van der Waals surface area (Å²) in [5, 5.41) is 0. The zero-order chi connectivity index (χ0) is 4.83. The molecule has 0 heterocycles. The van der Waals surface area contributed by atoms with Gasteiger partial charge in [0, 0.05) is 0 Å². The summed E-state index contributed by atoms with van der Waals surface area (Å²) < 4.78 is 1.54. The van der Waals surface area contributed by atoms with E-state index in [1.54, 1.807) is 4.47 Å². The molecule has 6 heavy (non-hydrogen) atoms. The van der Waals surface area contributed by atoms with Gasteiger partial charge in [-0.05, 0) is 0 Å². The van der Waals surface area contributed by atoms with Crippen LogP contribution in [0.5, 0.6) is 0 Å². The van der Waals surface area contributed by atoms with E-state index >= 15 is 0 Å². The first-order valence-electron chi connectivity index (χ1n) is 2.40. The molecule has 0 aromatic rings. The Bertz CT molecular complexity index is 15.9. The third-order valence-corrected chi connectivity index (χ3v) is 2.69. The van der Waals surface area contributed by atoms with Crippen LogP contribution in [0.1, 0.15) is 19.8 Å². The van der Waals surface area contributed by atoms with E-state index in [4.69, 9.17) is 0 Å². The van der Waals surface area contributed by atoms with Crippen LogP contribution in [-0.2, 0) is 0 Å². The van der Waals surface area contributed by atoms with Gasteiger partial charge in [0.25, 0.3) is 0 Å². The molecule has 0 aliphatic carbocycles. The third-order valence-electron chi connectivity index (χ3n) is 0.702. The van der Waals surface area contributed by atoms with Crippen LogP contribution in [0.3, 0.4) is 0 Å². The van der Waals surface area contributed by atoms with Crippen LogP contribution in [0.25, 0.3) is 0 Å². The quantitative estimate of drug-likeness (QED) is 0.482. The van der Waals surface area contributed by atoms with E-state index in [-0.39, 0.29) is 0 Å². The number of rotatable bonds is 3. The Kier molecular flexibility index (Phi) is 6.55.